The molecule has 0 aromatic heterocycles. The number of sulfonamides is 1. The van der Waals surface area contributed by atoms with E-state index in [0.29, 0.717) is 16.7 Å². The number of rotatable bonds is 5. The van der Waals surface area contributed by atoms with Gasteiger partial charge in [0.15, 0.2) is 23.3 Å². The van der Waals surface area contributed by atoms with Gasteiger partial charge < -0.3 is 4.74 Å². The van der Waals surface area contributed by atoms with E-state index >= 15 is 0 Å². The van der Waals surface area contributed by atoms with Crippen LogP contribution in [0.4, 0.5) is 27.6 Å². The quantitative estimate of drug-likeness (QED) is 0.488. The van der Waals surface area contributed by atoms with E-state index in [1.807, 2.05) is 0 Å². The lowest BCUT2D eigenvalue weighted by molar-refractivity contribution is 0.382. The number of benzene rings is 2. The van der Waals surface area contributed by atoms with E-state index in [1.54, 1.807) is 0 Å². The lowest BCUT2D eigenvalue weighted by atomic mass is 10.2. The Morgan fingerprint density at radius 1 is 0.880 bits per heavy atom. The highest BCUT2D eigenvalue weighted by molar-refractivity contribution is 7.95. The average molecular weight is 379 g/mol. The Hall–Kier alpha value is -2.62. The Kier molecular flexibility index (Phi) is 5.31. The first-order chi connectivity index (χ1) is 11.7. The van der Waals surface area contributed by atoms with Crippen LogP contribution in [-0.4, -0.2) is 15.5 Å². The van der Waals surface area contributed by atoms with E-state index in [4.69, 9.17) is 4.74 Å². The molecule has 0 atom stereocenters. The molecule has 10 heteroatoms. The van der Waals surface area contributed by atoms with E-state index in [-0.39, 0.29) is 0 Å². The molecule has 0 aliphatic carbocycles. The molecule has 2 aromatic carbocycles. The third-order valence-electron chi connectivity index (χ3n) is 3.01. The highest BCUT2D eigenvalue weighted by atomic mass is 32.2. The summed E-state index contributed by atoms with van der Waals surface area (Å²) in [5.41, 5.74) is -1.26. The standard InChI is InChI=1S/C15H10F5NO3S/c1-24-9-4-2-8(3-5-9)6-7-25(22,23)21-15-13(19)11(17)10(16)12(18)14(15)20/h2-7,21H,1H3. The molecule has 0 radical (unpaired) electrons. The zero-order valence-electron chi connectivity index (χ0n) is 12.5. The summed E-state index contributed by atoms with van der Waals surface area (Å²) in [5.74, 6) is -10.9. The molecule has 0 bridgehead atoms. The van der Waals surface area contributed by atoms with Crippen molar-refractivity contribution in [3.63, 3.8) is 0 Å². The molecule has 0 spiro atoms. The monoisotopic (exact) mass is 379 g/mol. The molecular formula is C15H10F5NO3S. The lowest BCUT2D eigenvalue weighted by Gasteiger charge is -2.09. The minimum absolute atomic E-state index is 0.392. The van der Waals surface area contributed by atoms with Crippen LogP contribution in [0.1, 0.15) is 5.56 Å². The van der Waals surface area contributed by atoms with Gasteiger partial charge in [0.25, 0.3) is 10.0 Å². The Morgan fingerprint density at radius 3 is 1.84 bits per heavy atom. The molecule has 2 rings (SSSR count). The van der Waals surface area contributed by atoms with Crippen LogP contribution in [0.25, 0.3) is 6.08 Å². The first-order valence-corrected chi connectivity index (χ1v) is 8.07. The molecule has 0 saturated carbocycles. The van der Waals surface area contributed by atoms with Crippen molar-refractivity contribution in [2.75, 3.05) is 11.8 Å². The maximum Gasteiger partial charge on any atom is 0.255 e. The molecular weight excluding hydrogens is 369 g/mol. The van der Waals surface area contributed by atoms with E-state index < -0.39 is 44.8 Å². The summed E-state index contributed by atoms with van der Waals surface area (Å²) in [6, 6.07) is 6.04. The van der Waals surface area contributed by atoms with Crippen LogP contribution in [-0.2, 0) is 10.0 Å². The molecule has 25 heavy (non-hydrogen) atoms. The SMILES string of the molecule is COc1ccc(C=CS(=O)(=O)Nc2c(F)c(F)c(F)c(F)c2F)cc1. The number of ether oxygens (including phenoxy) is 1. The van der Waals surface area contributed by atoms with Crippen molar-refractivity contribution in [2.24, 2.45) is 0 Å². The van der Waals surface area contributed by atoms with Gasteiger partial charge >= 0.3 is 0 Å². The second kappa shape index (κ2) is 7.09. The molecule has 1 N–H and O–H groups in total. The third-order valence-corrected chi connectivity index (χ3v) is 3.99. The molecule has 0 unspecified atom stereocenters. The van der Waals surface area contributed by atoms with Crippen molar-refractivity contribution in [1.29, 1.82) is 0 Å². The Labute approximate surface area is 139 Å². The highest BCUT2D eigenvalue weighted by Gasteiger charge is 2.27. The minimum Gasteiger partial charge on any atom is -0.497 e. The van der Waals surface area contributed by atoms with Gasteiger partial charge in [0.05, 0.1) is 12.5 Å². The Morgan fingerprint density at radius 2 is 1.36 bits per heavy atom. The topological polar surface area (TPSA) is 55.4 Å². The fourth-order valence-electron chi connectivity index (χ4n) is 1.75. The van der Waals surface area contributed by atoms with Crippen LogP contribution in [0, 0.1) is 29.1 Å². The van der Waals surface area contributed by atoms with Crippen molar-refractivity contribution in [3.8, 4) is 5.75 Å². The number of nitrogens with one attached hydrogen (secondary N) is 1. The molecule has 134 valence electrons. The average Bonchev–Trinajstić information content (AvgIpc) is 2.61. The maximum atomic E-state index is 13.5. The zero-order valence-corrected chi connectivity index (χ0v) is 13.3. The first kappa shape index (κ1) is 18.7. The Balaban J connectivity index is 2.31. The normalized spacial score (nSPS) is 11.8. The van der Waals surface area contributed by atoms with Crippen molar-refractivity contribution >= 4 is 21.8 Å². The third kappa shape index (κ3) is 4.08. The van der Waals surface area contributed by atoms with Crippen LogP contribution in [0.15, 0.2) is 29.7 Å². The van der Waals surface area contributed by atoms with E-state index in [2.05, 4.69) is 0 Å². The molecule has 0 aliphatic heterocycles. The van der Waals surface area contributed by atoms with E-state index in [0.717, 1.165) is 6.08 Å². The van der Waals surface area contributed by atoms with Crippen LogP contribution >= 0.6 is 0 Å². The fourth-order valence-corrected chi connectivity index (χ4v) is 2.62. The number of hydrogen-bond acceptors (Lipinski definition) is 3. The van der Waals surface area contributed by atoms with Gasteiger partial charge in [-0.05, 0) is 23.8 Å². The summed E-state index contributed by atoms with van der Waals surface area (Å²) in [5, 5.41) is 0.521. The maximum absolute atomic E-state index is 13.5. The number of halogens is 5. The van der Waals surface area contributed by atoms with Crippen LogP contribution in [0.2, 0.25) is 0 Å². The van der Waals surface area contributed by atoms with Crippen LogP contribution < -0.4 is 9.46 Å². The first-order valence-electron chi connectivity index (χ1n) is 6.52. The second-order valence-electron chi connectivity index (χ2n) is 4.67. The molecule has 0 fully saturated rings. The van der Waals surface area contributed by atoms with Crippen LogP contribution in [0.3, 0.4) is 0 Å². The van der Waals surface area contributed by atoms with Gasteiger partial charge in [-0.25, -0.2) is 30.4 Å². The zero-order chi connectivity index (χ0) is 18.8. The van der Waals surface area contributed by atoms with E-state index in [9.17, 15) is 30.4 Å². The van der Waals surface area contributed by atoms with Crippen molar-refractivity contribution in [2.45, 2.75) is 0 Å². The minimum atomic E-state index is -4.54. The van der Waals surface area contributed by atoms with Gasteiger partial charge in [-0.2, -0.15) is 0 Å². The second-order valence-corrected chi connectivity index (χ2v) is 6.23. The van der Waals surface area contributed by atoms with Crippen molar-refractivity contribution in [3.05, 3.63) is 64.3 Å². The van der Waals surface area contributed by atoms with Crippen molar-refractivity contribution in [1.82, 2.24) is 0 Å². The number of methoxy groups -OCH3 is 1. The van der Waals surface area contributed by atoms with Gasteiger partial charge in [-0.15, -0.1) is 0 Å². The van der Waals surface area contributed by atoms with Gasteiger partial charge in [0.1, 0.15) is 11.4 Å². The Bertz CT molecular complexity index is 898. The summed E-state index contributed by atoms with van der Waals surface area (Å²) in [7, 11) is -3.10. The van der Waals surface area contributed by atoms with Gasteiger partial charge in [-0.3, -0.25) is 4.72 Å². The smallest absolute Gasteiger partial charge is 0.255 e. The molecule has 0 heterocycles. The fraction of sp³-hybridized carbons (Fsp3) is 0.0667. The summed E-state index contributed by atoms with van der Waals surface area (Å²) in [4.78, 5) is 0. The summed E-state index contributed by atoms with van der Waals surface area (Å²) >= 11 is 0. The van der Waals surface area contributed by atoms with Gasteiger partial charge in [0.2, 0.25) is 5.82 Å². The highest BCUT2D eigenvalue weighted by Crippen LogP contribution is 2.28. The predicted molar refractivity (Wildman–Crippen MR) is 80.8 cm³/mol. The summed E-state index contributed by atoms with van der Waals surface area (Å²) in [6.45, 7) is 0. The van der Waals surface area contributed by atoms with E-state index in [1.165, 1.54) is 36.1 Å². The molecule has 0 saturated heterocycles. The molecule has 0 aliphatic rings. The number of hydrogen-bond donors (Lipinski definition) is 1. The molecule has 4 nitrogen and oxygen atoms in total. The summed E-state index contributed by atoms with van der Waals surface area (Å²) < 4.78 is 95.9. The lowest BCUT2D eigenvalue weighted by Crippen LogP contribution is -2.15. The molecule has 2 aromatic rings. The van der Waals surface area contributed by atoms with Gasteiger partial charge in [-0.1, -0.05) is 12.1 Å². The largest absolute Gasteiger partial charge is 0.497 e. The van der Waals surface area contributed by atoms with Crippen molar-refractivity contribution < 1.29 is 35.1 Å². The molecule has 0 amide bonds. The summed E-state index contributed by atoms with van der Waals surface area (Å²) in [6.07, 6.45) is 1.06. The predicted octanol–water partition coefficient (Wildman–Crippen LogP) is 3.80. The van der Waals surface area contributed by atoms with Gasteiger partial charge in [0, 0.05) is 0 Å². The van der Waals surface area contributed by atoms with Crippen LogP contribution in [0.5, 0.6) is 5.75 Å². The number of anilines is 1.